The van der Waals surface area contributed by atoms with Gasteiger partial charge in [-0.2, -0.15) is 4.72 Å². The van der Waals surface area contributed by atoms with Crippen molar-refractivity contribution in [3.05, 3.63) is 47.3 Å². The Labute approximate surface area is 156 Å². The number of carbonyl (C=O) groups excluding carboxylic acids is 2. The van der Waals surface area contributed by atoms with Crippen LogP contribution in [0.25, 0.3) is 0 Å². The molecule has 0 aliphatic heterocycles. The van der Waals surface area contributed by atoms with Gasteiger partial charge in [0.1, 0.15) is 10.3 Å². The van der Waals surface area contributed by atoms with Crippen molar-refractivity contribution >= 4 is 38.9 Å². The summed E-state index contributed by atoms with van der Waals surface area (Å²) in [5.74, 6) is -0.950. The molecule has 3 N–H and O–H groups in total. The molecule has 2 amide bonds. The monoisotopic (exact) mass is 395 g/mol. The summed E-state index contributed by atoms with van der Waals surface area (Å²) in [6.45, 7) is 3.52. The van der Waals surface area contributed by atoms with Crippen molar-refractivity contribution in [2.24, 2.45) is 5.92 Å². The minimum absolute atomic E-state index is 0.158. The van der Waals surface area contributed by atoms with E-state index in [1.807, 2.05) is 0 Å². The third kappa shape index (κ3) is 4.90. The molecule has 1 aromatic carbocycles. The molecular formula is C17H21N3O4S2. The zero-order chi connectivity index (χ0) is 19.3. The van der Waals surface area contributed by atoms with Crippen molar-refractivity contribution in [3.8, 4) is 0 Å². The Kier molecular flexibility index (Phi) is 6.52. The van der Waals surface area contributed by atoms with Crippen LogP contribution in [0.2, 0.25) is 0 Å². The first kappa shape index (κ1) is 20.1. The summed E-state index contributed by atoms with van der Waals surface area (Å²) in [5.41, 5.74) is 0.938. The van der Waals surface area contributed by atoms with Crippen LogP contribution in [0.5, 0.6) is 0 Å². The maximum Gasteiger partial charge on any atom is 0.251 e. The van der Waals surface area contributed by atoms with E-state index in [0.717, 1.165) is 11.3 Å². The van der Waals surface area contributed by atoms with Gasteiger partial charge in [-0.15, -0.1) is 11.3 Å². The van der Waals surface area contributed by atoms with Crippen molar-refractivity contribution in [2.45, 2.75) is 24.1 Å². The fourth-order valence-electron chi connectivity index (χ4n) is 2.20. The minimum atomic E-state index is -3.77. The molecule has 9 heteroatoms. The number of carbonyl (C=O) groups is 2. The first-order chi connectivity index (χ1) is 12.2. The molecule has 0 fully saturated rings. The molecule has 1 heterocycles. The van der Waals surface area contributed by atoms with Crippen molar-refractivity contribution in [1.29, 1.82) is 0 Å². The Bertz CT molecular complexity index is 860. The fraction of sp³-hybridized carbons (Fsp3) is 0.294. The molecule has 0 aliphatic carbocycles. The van der Waals surface area contributed by atoms with Gasteiger partial charge in [-0.3, -0.25) is 9.59 Å². The summed E-state index contributed by atoms with van der Waals surface area (Å²) in [6, 6.07) is 8.53. The quantitative estimate of drug-likeness (QED) is 0.667. The molecule has 0 saturated carbocycles. The number of sulfonamides is 1. The van der Waals surface area contributed by atoms with Gasteiger partial charge < -0.3 is 10.6 Å². The topological polar surface area (TPSA) is 104 Å². The second kappa shape index (κ2) is 8.43. The van der Waals surface area contributed by atoms with Gasteiger partial charge >= 0.3 is 0 Å². The van der Waals surface area contributed by atoms with Gasteiger partial charge in [0.2, 0.25) is 5.91 Å². The first-order valence-electron chi connectivity index (χ1n) is 7.93. The Morgan fingerprint density at radius 2 is 1.73 bits per heavy atom. The Balaban J connectivity index is 2.12. The summed E-state index contributed by atoms with van der Waals surface area (Å²) >= 11 is 1.09. The van der Waals surface area contributed by atoms with E-state index < -0.39 is 22.0 Å². The van der Waals surface area contributed by atoms with Crippen LogP contribution in [-0.4, -0.2) is 33.3 Å². The highest BCUT2D eigenvalue weighted by Crippen LogP contribution is 2.18. The Morgan fingerprint density at radius 1 is 1.08 bits per heavy atom. The number of rotatable bonds is 7. The SMILES string of the molecule is CNC(=O)c1ccc(NC(=O)[C@@H](NS(=O)(=O)c2cccs2)C(C)C)cc1. The van der Waals surface area contributed by atoms with E-state index in [9.17, 15) is 18.0 Å². The number of anilines is 1. The zero-order valence-corrected chi connectivity index (χ0v) is 16.3. The standard InChI is InChI=1S/C17H21N3O4S2/c1-11(2)15(20-26(23,24)14-5-4-10-25-14)17(22)19-13-8-6-12(7-9-13)16(21)18-3/h4-11,15,20H,1-3H3,(H,18,21)(H,19,22)/t15-/m0/s1. The maximum absolute atomic E-state index is 12.6. The second-order valence-corrected chi connectivity index (χ2v) is 8.81. The van der Waals surface area contributed by atoms with Gasteiger partial charge in [0.15, 0.2) is 0 Å². The molecule has 0 radical (unpaired) electrons. The van der Waals surface area contributed by atoms with Crippen LogP contribution in [0.4, 0.5) is 5.69 Å². The van der Waals surface area contributed by atoms with E-state index in [-0.39, 0.29) is 16.0 Å². The molecule has 0 saturated heterocycles. The summed E-state index contributed by atoms with van der Waals surface area (Å²) in [4.78, 5) is 24.1. The average molecular weight is 396 g/mol. The normalized spacial score (nSPS) is 12.6. The predicted octanol–water partition coefficient (Wildman–Crippen LogP) is 2.05. The average Bonchev–Trinajstić information content (AvgIpc) is 3.15. The molecule has 26 heavy (non-hydrogen) atoms. The highest BCUT2D eigenvalue weighted by molar-refractivity contribution is 7.91. The van der Waals surface area contributed by atoms with Gasteiger partial charge in [-0.05, 0) is 41.6 Å². The van der Waals surface area contributed by atoms with Crippen LogP contribution in [0, 0.1) is 5.92 Å². The summed E-state index contributed by atoms with van der Waals surface area (Å²) in [7, 11) is -2.23. The lowest BCUT2D eigenvalue weighted by atomic mass is 10.0. The van der Waals surface area contributed by atoms with Crippen LogP contribution in [0.1, 0.15) is 24.2 Å². The van der Waals surface area contributed by atoms with Gasteiger partial charge in [-0.1, -0.05) is 19.9 Å². The Morgan fingerprint density at radius 3 is 2.23 bits per heavy atom. The molecule has 0 aliphatic rings. The lowest BCUT2D eigenvalue weighted by molar-refractivity contribution is -0.118. The zero-order valence-electron chi connectivity index (χ0n) is 14.6. The molecule has 140 valence electrons. The Hall–Kier alpha value is -2.23. The van der Waals surface area contributed by atoms with Crippen molar-refractivity contribution in [2.75, 3.05) is 12.4 Å². The molecular weight excluding hydrogens is 374 g/mol. The lowest BCUT2D eigenvalue weighted by Crippen LogP contribution is -2.46. The third-order valence-corrected chi connectivity index (χ3v) is 6.47. The van der Waals surface area contributed by atoms with Crippen LogP contribution >= 0.6 is 11.3 Å². The van der Waals surface area contributed by atoms with Crippen molar-refractivity contribution in [1.82, 2.24) is 10.0 Å². The number of hydrogen-bond acceptors (Lipinski definition) is 5. The van der Waals surface area contributed by atoms with Crippen LogP contribution < -0.4 is 15.4 Å². The van der Waals surface area contributed by atoms with E-state index in [1.165, 1.54) is 13.1 Å². The molecule has 0 spiro atoms. The highest BCUT2D eigenvalue weighted by Gasteiger charge is 2.29. The van der Waals surface area contributed by atoms with E-state index in [0.29, 0.717) is 11.3 Å². The van der Waals surface area contributed by atoms with Gasteiger partial charge in [-0.25, -0.2) is 8.42 Å². The molecule has 2 rings (SSSR count). The second-order valence-electron chi connectivity index (χ2n) is 5.92. The van der Waals surface area contributed by atoms with Crippen molar-refractivity contribution < 1.29 is 18.0 Å². The van der Waals surface area contributed by atoms with E-state index in [4.69, 9.17) is 0 Å². The lowest BCUT2D eigenvalue weighted by Gasteiger charge is -2.21. The van der Waals surface area contributed by atoms with Gasteiger partial charge in [0, 0.05) is 18.3 Å². The number of hydrogen-bond donors (Lipinski definition) is 3. The number of nitrogens with one attached hydrogen (secondary N) is 3. The molecule has 1 aromatic heterocycles. The summed E-state index contributed by atoms with van der Waals surface area (Å²) in [6.07, 6.45) is 0. The summed E-state index contributed by atoms with van der Waals surface area (Å²) < 4.78 is 27.4. The summed E-state index contributed by atoms with van der Waals surface area (Å²) in [5, 5.41) is 6.85. The number of amides is 2. The molecule has 1 atom stereocenters. The van der Waals surface area contributed by atoms with Crippen LogP contribution in [0.15, 0.2) is 46.0 Å². The fourth-order valence-corrected chi connectivity index (χ4v) is 4.56. The predicted molar refractivity (Wildman–Crippen MR) is 102 cm³/mol. The molecule has 7 nitrogen and oxygen atoms in total. The minimum Gasteiger partial charge on any atom is -0.355 e. The van der Waals surface area contributed by atoms with Gasteiger partial charge in [0.05, 0.1) is 0 Å². The van der Waals surface area contributed by atoms with Crippen molar-refractivity contribution in [3.63, 3.8) is 0 Å². The largest absolute Gasteiger partial charge is 0.355 e. The van der Waals surface area contributed by atoms with E-state index in [2.05, 4.69) is 15.4 Å². The number of thiophene rings is 1. The maximum atomic E-state index is 12.6. The van der Waals surface area contributed by atoms with E-state index >= 15 is 0 Å². The number of benzene rings is 1. The van der Waals surface area contributed by atoms with Crippen LogP contribution in [0.3, 0.4) is 0 Å². The molecule has 2 aromatic rings. The van der Waals surface area contributed by atoms with Gasteiger partial charge in [0.25, 0.3) is 15.9 Å². The highest BCUT2D eigenvalue weighted by atomic mass is 32.2. The smallest absolute Gasteiger partial charge is 0.251 e. The third-order valence-electron chi connectivity index (χ3n) is 3.63. The molecule has 0 bridgehead atoms. The van der Waals surface area contributed by atoms with E-state index in [1.54, 1.807) is 49.6 Å². The van der Waals surface area contributed by atoms with Crippen LogP contribution in [-0.2, 0) is 14.8 Å². The first-order valence-corrected chi connectivity index (χ1v) is 10.3. The molecule has 0 unspecified atom stereocenters.